The quantitative estimate of drug-likeness (QED) is 0.389. The van der Waals surface area contributed by atoms with Crippen molar-refractivity contribution in [2.45, 2.75) is 58.8 Å². The van der Waals surface area contributed by atoms with Crippen LogP contribution in [0.4, 0.5) is 0 Å². The number of phenolic OH excluding ortho intramolecular Hbond substituents is 2. The van der Waals surface area contributed by atoms with Gasteiger partial charge in [0.25, 0.3) is 0 Å². The summed E-state index contributed by atoms with van der Waals surface area (Å²) in [6, 6.07) is 2.46. The Morgan fingerprint density at radius 3 is 2.39 bits per heavy atom. The lowest BCUT2D eigenvalue weighted by molar-refractivity contribution is -0.142. The van der Waals surface area contributed by atoms with Crippen LogP contribution in [0.1, 0.15) is 68.3 Å². The van der Waals surface area contributed by atoms with Gasteiger partial charge in [0.1, 0.15) is 11.5 Å². The first-order valence-corrected chi connectivity index (χ1v) is 8.23. The summed E-state index contributed by atoms with van der Waals surface area (Å²) in [6.07, 6.45) is 5.25. The molecule has 1 aromatic carbocycles. The van der Waals surface area contributed by atoms with Crippen LogP contribution in [0.5, 0.6) is 11.5 Å². The van der Waals surface area contributed by atoms with E-state index in [0.29, 0.717) is 12.0 Å². The highest BCUT2D eigenvalue weighted by Gasteiger charge is 2.20. The van der Waals surface area contributed by atoms with Gasteiger partial charge in [-0.1, -0.05) is 32.6 Å². The lowest BCUT2D eigenvalue weighted by atomic mass is 9.96. The molecular weight excluding hydrogens is 296 g/mol. The molecule has 0 unspecified atom stereocenters. The van der Waals surface area contributed by atoms with Crippen molar-refractivity contribution < 1.29 is 24.5 Å². The minimum Gasteiger partial charge on any atom is -0.508 e. The molecule has 0 aliphatic rings. The first-order valence-electron chi connectivity index (χ1n) is 8.23. The molecule has 0 fully saturated rings. The van der Waals surface area contributed by atoms with E-state index in [2.05, 4.69) is 6.92 Å². The van der Waals surface area contributed by atoms with Crippen molar-refractivity contribution in [3.05, 3.63) is 23.3 Å². The van der Waals surface area contributed by atoms with E-state index in [0.717, 1.165) is 38.2 Å². The second kappa shape index (κ2) is 9.87. The van der Waals surface area contributed by atoms with Gasteiger partial charge in [0, 0.05) is 12.5 Å². The molecular formula is C18H26O5. The number of ketones is 1. The minimum atomic E-state index is -0.491. The van der Waals surface area contributed by atoms with Crippen LogP contribution in [0, 0.1) is 0 Å². The average molecular weight is 322 g/mol. The Morgan fingerprint density at radius 2 is 1.74 bits per heavy atom. The van der Waals surface area contributed by atoms with Crippen LogP contribution in [0.2, 0.25) is 0 Å². The molecule has 0 spiro atoms. The molecule has 23 heavy (non-hydrogen) atoms. The number of unbranched alkanes of at least 4 members (excludes halogenated alkanes) is 4. The van der Waals surface area contributed by atoms with E-state index < -0.39 is 5.97 Å². The van der Waals surface area contributed by atoms with Gasteiger partial charge >= 0.3 is 5.97 Å². The summed E-state index contributed by atoms with van der Waals surface area (Å²) in [5, 5.41) is 19.6. The summed E-state index contributed by atoms with van der Waals surface area (Å²) in [7, 11) is 0. The van der Waals surface area contributed by atoms with Crippen molar-refractivity contribution >= 4 is 11.8 Å². The maximum Gasteiger partial charge on any atom is 0.310 e. The zero-order valence-electron chi connectivity index (χ0n) is 13.9. The normalized spacial score (nSPS) is 10.5. The molecule has 0 bridgehead atoms. The van der Waals surface area contributed by atoms with Gasteiger partial charge in [-0.25, -0.2) is 0 Å². The predicted molar refractivity (Wildman–Crippen MR) is 87.8 cm³/mol. The lowest BCUT2D eigenvalue weighted by Crippen LogP contribution is -2.12. The molecule has 0 atom stereocenters. The SMILES string of the molecule is CCCCCCCC(=O)c1c(O)cc(O)cc1CC(=O)OCC. The van der Waals surface area contributed by atoms with E-state index >= 15 is 0 Å². The minimum absolute atomic E-state index is 0.117. The molecule has 5 heteroatoms. The van der Waals surface area contributed by atoms with Gasteiger partial charge in [-0.05, 0) is 25.0 Å². The van der Waals surface area contributed by atoms with Gasteiger partial charge in [-0.15, -0.1) is 0 Å². The monoisotopic (exact) mass is 322 g/mol. The Labute approximate surface area is 137 Å². The maximum atomic E-state index is 12.4. The molecule has 0 heterocycles. The largest absolute Gasteiger partial charge is 0.508 e. The maximum absolute atomic E-state index is 12.4. The fourth-order valence-electron chi connectivity index (χ4n) is 2.51. The number of hydrogen-bond acceptors (Lipinski definition) is 5. The Morgan fingerprint density at radius 1 is 1.04 bits per heavy atom. The third-order valence-electron chi connectivity index (χ3n) is 3.61. The van der Waals surface area contributed by atoms with E-state index in [4.69, 9.17) is 4.74 Å². The van der Waals surface area contributed by atoms with Gasteiger partial charge < -0.3 is 14.9 Å². The third kappa shape index (κ3) is 6.30. The van der Waals surface area contributed by atoms with Crippen molar-refractivity contribution in [1.29, 1.82) is 0 Å². The molecule has 0 saturated carbocycles. The topological polar surface area (TPSA) is 83.8 Å². The van der Waals surface area contributed by atoms with E-state index in [-0.39, 0.29) is 35.9 Å². The molecule has 0 amide bonds. The average Bonchev–Trinajstić information content (AvgIpc) is 2.46. The molecule has 0 aliphatic carbocycles. The number of carbonyl (C=O) groups is 2. The standard InChI is InChI=1S/C18H26O5/c1-3-5-6-7-8-9-15(20)18-13(11-17(22)23-4-2)10-14(19)12-16(18)21/h10,12,19,21H,3-9,11H2,1-2H3. The highest BCUT2D eigenvalue weighted by Crippen LogP contribution is 2.29. The number of ether oxygens (including phenoxy) is 1. The van der Waals surface area contributed by atoms with Crippen LogP contribution in [0.15, 0.2) is 12.1 Å². The molecule has 128 valence electrons. The van der Waals surface area contributed by atoms with Crippen molar-refractivity contribution in [2.24, 2.45) is 0 Å². The first-order chi connectivity index (χ1) is 11.0. The zero-order chi connectivity index (χ0) is 17.2. The summed E-state index contributed by atoms with van der Waals surface area (Å²) >= 11 is 0. The van der Waals surface area contributed by atoms with Gasteiger partial charge in [0.05, 0.1) is 18.6 Å². The highest BCUT2D eigenvalue weighted by atomic mass is 16.5. The van der Waals surface area contributed by atoms with Crippen LogP contribution in [-0.2, 0) is 16.0 Å². The molecule has 0 aromatic heterocycles. The van der Waals surface area contributed by atoms with Gasteiger partial charge in [0.15, 0.2) is 5.78 Å². The predicted octanol–water partition coefficient (Wildman–Crippen LogP) is 3.75. The number of rotatable bonds is 10. The third-order valence-corrected chi connectivity index (χ3v) is 3.61. The smallest absolute Gasteiger partial charge is 0.310 e. The van der Waals surface area contributed by atoms with E-state index in [9.17, 15) is 19.8 Å². The van der Waals surface area contributed by atoms with Gasteiger partial charge in [-0.3, -0.25) is 9.59 Å². The fourth-order valence-corrected chi connectivity index (χ4v) is 2.51. The summed E-state index contributed by atoms with van der Waals surface area (Å²) in [5.74, 6) is -1.17. The second-order valence-corrected chi connectivity index (χ2v) is 5.57. The number of aromatic hydroxyl groups is 2. The fraction of sp³-hybridized carbons (Fsp3) is 0.556. The number of Topliss-reactive ketones (excluding diaryl/α,β-unsaturated/α-hetero) is 1. The molecule has 0 saturated heterocycles. The van der Waals surface area contributed by atoms with Crippen LogP contribution in [0.25, 0.3) is 0 Å². The summed E-state index contributed by atoms with van der Waals surface area (Å²) < 4.78 is 4.87. The molecule has 1 aromatic rings. The zero-order valence-corrected chi connectivity index (χ0v) is 13.9. The molecule has 0 radical (unpaired) electrons. The van der Waals surface area contributed by atoms with Gasteiger partial charge in [-0.2, -0.15) is 0 Å². The van der Waals surface area contributed by atoms with Crippen LogP contribution in [0.3, 0.4) is 0 Å². The summed E-state index contributed by atoms with van der Waals surface area (Å²) in [6.45, 7) is 4.06. The van der Waals surface area contributed by atoms with E-state index in [1.807, 2.05) is 0 Å². The Bertz CT molecular complexity index is 536. The van der Waals surface area contributed by atoms with Gasteiger partial charge in [0.2, 0.25) is 0 Å². The van der Waals surface area contributed by atoms with E-state index in [1.165, 1.54) is 6.07 Å². The van der Waals surface area contributed by atoms with Crippen LogP contribution in [-0.4, -0.2) is 28.6 Å². The first kappa shape index (κ1) is 19.0. The molecule has 1 rings (SSSR count). The molecule has 0 aliphatic heterocycles. The lowest BCUT2D eigenvalue weighted by Gasteiger charge is -2.11. The number of esters is 1. The van der Waals surface area contributed by atoms with Crippen LogP contribution < -0.4 is 0 Å². The van der Waals surface area contributed by atoms with Crippen molar-refractivity contribution in [2.75, 3.05) is 6.61 Å². The number of phenols is 2. The molecule has 2 N–H and O–H groups in total. The Balaban J connectivity index is 2.82. The number of hydrogen-bond donors (Lipinski definition) is 2. The summed E-state index contributed by atoms with van der Waals surface area (Å²) in [4.78, 5) is 24.0. The number of carbonyl (C=O) groups excluding carboxylic acids is 2. The molecule has 5 nitrogen and oxygen atoms in total. The Hall–Kier alpha value is -2.04. The highest BCUT2D eigenvalue weighted by molar-refractivity contribution is 6.01. The van der Waals surface area contributed by atoms with Crippen LogP contribution >= 0.6 is 0 Å². The number of benzene rings is 1. The van der Waals surface area contributed by atoms with E-state index in [1.54, 1.807) is 6.92 Å². The van der Waals surface area contributed by atoms with Crippen molar-refractivity contribution in [3.63, 3.8) is 0 Å². The summed E-state index contributed by atoms with van der Waals surface area (Å²) in [5.41, 5.74) is 0.422. The van der Waals surface area contributed by atoms with Crippen molar-refractivity contribution in [1.82, 2.24) is 0 Å². The van der Waals surface area contributed by atoms with Crippen molar-refractivity contribution in [3.8, 4) is 11.5 Å². The Kier molecular flexibility index (Phi) is 8.16. The second-order valence-electron chi connectivity index (χ2n) is 5.57.